The van der Waals surface area contributed by atoms with Crippen LogP contribution in [-0.2, 0) is 0 Å². The number of nitrogens with zero attached hydrogens (tertiary/aromatic N) is 3. The molecule has 18 heavy (non-hydrogen) atoms. The molecule has 0 atom stereocenters. The van der Waals surface area contributed by atoms with Crippen molar-refractivity contribution >= 4 is 22.6 Å². The summed E-state index contributed by atoms with van der Waals surface area (Å²) >= 11 is 0. The molecule has 2 aromatic rings. The molecule has 0 fully saturated rings. The molecule has 1 N–H and O–H groups in total. The molecule has 0 amide bonds. The van der Waals surface area contributed by atoms with E-state index in [4.69, 9.17) is 0 Å². The van der Waals surface area contributed by atoms with Crippen LogP contribution in [0, 0.1) is 0 Å². The molecule has 0 radical (unpaired) electrons. The van der Waals surface area contributed by atoms with Gasteiger partial charge >= 0.3 is 0 Å². The van der Waals surface area contributed by atoms with Gasteiger partial charge in [0.15, 0.2) is 17.3 Å². The van der Waals surface area contributed by atoms with Gasteiger partial charge in [0, 0.05) is 18.7 Å². The minimum Gasteiger partial charge on any atom is -0.365 e. The van der Waals surface area contributed by atoms with Gasteiger partial charge in [-0.3, -0.25) is 4.79 Å². The zero-order valence-corrected chi connectivity index (χ0v) is 11.0. The lowest BCUT2D eigenvalue weighted by Crippen LogP contribution is -2.27. The Morgan fingerprint density at radius 2 is 2.00 bits per heavy atom. The second-order valence-corrected chi connectivity index (χ2v) is 5.20. The highest BCUT2D eigenvalue weighted by Gasteiger charge is 2.16. The minimum absolute atomic E-state index is 0.148. The highest BCUT2D eigenvalue weighted by atomic mass is 16.1. The van der Waals surface area contributed by atoms with Crippen LogP contribution in [-0.4, -0.2) is 26.3 Å². The first-order valence-electron chi connectivity index (χ1n) is 5.79. The Balaban J connectivity index is 2.64. The smallest absolute Gasteiger partial charge is 0.199 e. The monoisotopic (exact) mass is 244 g/mol. The summed E-state index contributed by atoms with van der Waals surface area (Å²) in [6.45, 7) is 7.55. The highest BCUT2D eigenvalue weighted by molar-refractivity contribution is 5.95. The molecule has 2 rings (SSSR count). The Hall–Kier alpha value is -2.04. The number of hydrogen-bond donors (Lipinski definition) is 1. The lowest BCUT2D eigenvalue weighted by atomic mass is 10.1. The number of carbonyl (C=O) groups excluding carboxylic acids is 1. The zero-order chi connectivity index (χ0) is 13.3. The molecule has 0 spiro atoms. The summed E-state index contributed by atoms with van der Waals surface area (Å²) in [5.74, 6) is 0.665. The second kappa shape index (κ2) is 4.33. The summed E-state index contributed by atoms with van der Waals surface area (Å²) < 4.78 is 0. The average Bonchev–Trinajstić information content (AvgIpc) is 2.26. The van der Waals surface area contributed by atoms with Gasteiger partial charge in [-0.1, -0.05) is 0 Å². The number of nitrogens with one attached hydrogen (secondary N) is 1. The van der Waals surface area contributed by atoms with E-state index in [1.165, 1.54) is 6.92 Å². The Bertz CT molecular complexity index is 601. The van der Waals surface area contributed by atoms with Crippen molar-refractivity contribution in [2.24, 2.45) is 0 Å². The van der Waals surface area contributed by atoms with Crippen molar-refractivity contribution in [3.8, 4) is 0 Å². The molecular weight excluding hydrogens is 228 g/mol. The van der Waals surface area contributed by atoms with E-state index in [0.717, 1.165) is 5.39 Å². The van der Waals surface area contributed by atoms with Crippen molar-refractivity contribution in [1.29, 1.82) is 0 Å². The zero-order valence-electron chi connectivity index (χ0n) is 11.0. The summed E-state index contributed by atoms with van der Waals surface area (Å²) in [4.78, 5) is 24.0. The first-order chi connectivity index (χ1) is 8.37. The third kappa shape index (κ3) is 2.61. The summed E-state index contributed by atoms with van der Waals surface area (Å²) in [6.07, 6.45) is 1.65. The van der Waals surface area contributed by atoms with Crippen molar-refractivity contribution in [2.75, 3.05) is 5.32 Å². The quantitative estimate of drug-likeness (QED) is 0.822. The lowest BCUT2D eigenvalue weighted by Gasteiger charge is -2.22. The Labute approximate surface area is 106 Å². The first kappa shape index (κ1) is 12.4. The van der Waals surface area contributed by atoms with E-state index >= 15 is 0 Å². The molecule has 2 heterocycles. The van der Waals surface area contributed by atoms with Crippen molar-refractivity contribution in [1.82, 2.24) is 15.0 Å². The molecule has 94 valence electrons. The molecule has 0 aliphatic heterocycles. The van der Waals surface area contributed by atoms with Crippen LogP contribution in [0.4, 0.5) is 5.82 Å². The molecule has 0 saturated carbocycles. The summed E-state index contributed by atoms with van der Waals surface area (Å²) in [5, 5.41) is 4.09. The predicted molar refractivity (Wildman–Crippen MR) is 70.7 cm³/mol. The van der Waals surface area contributed by atoms with E-state index in [2.05, 4.69) is 20.3 Å². The molecule has 0 unspecified atom stereocenters. The second-order valence-electron chi connectivity index (χ2n) is 5.20. The van der Waals surface area contributed by atoms with Gasteiger partial charge in [-0.2, -0.15) is 0 Å². The van der Waals surface area contributed by atoms with Gasteiger partial charge in [0.1, 0.15) is 5.82 Å². The van der Waals surface area contributed by atoms with Crippen LogP contribution in [0.2, 0.25) is 0 Å². The molecule has 5 nitrogen and oxygen atoms in total. The predicted octanol–water partition coefficient (Wildman–Crippen LogP) is 2.44. The summed E-state index contributed by atoms with van der Waals surface area (Å²) in [6, 6.07) is 3.72. The van der Waals surface area contributed by atoms with Crippen molar-refractivity contribution in [3.05, 3.63) is 24.2 Å². The summed E-state index contributed by atoms with van der Waals surface area (Å²) in [7, 11) is 0. The fourth-order valence-electron chi connectivity index (χ4n) is 1.57. The van der Waals surface area contributed by atoms with Crippen LogP contribution in [0.15, 0.2) is 18.3 Å². The van der Waals surface area contributed by atoms with E-state index < -0.39 is 0 Å². The molecule has 0 aliphatic rings. The maximum atomic E-state index is 11.4. The van der Waals surface area contributed by atoms with Crippen LogP contribution in [0.25, 0.3) is 11.0 Å². The van der Waals surface area contributed by atoms with Crippen LogP contribution in [0.1, 0.15) is 38.3 Å². The minimum atomic E-state index is -0.167. The molecule has 5 heteroatoms. The molecular formula is C13H16N4O. The number of ketones is 1. The Morgan fingerprint density at radius 3 is 2.61 bits per heavy atom. The number of hydrogen-bond acceptors (Lipinski definition) is 5. The number of pyridine rings is 1. The third-order valence-corrected chi connectivity index (χ3v) is 2.28. The lowest BCUT2D eigenvalue weighted by molar-refractivity contribution is 0.100. The number of fused-ring (bicyclic) bond motifs is 1. The third-order valence-electron chi connectivity index (χ3n) is 2.28. The number of carbonyl (C=O) groups is 1. The van der Waals surface area contributed by atoms with Crippen molar-refractivity contribution in [2.45, 2.75) is 33.2 Å². The molecule has 2 aromatic heterocycles. The Morgan fingerprint density at radius 1 is 1.28 bits per heavy atom. The molecule has 0 bridgehead atoms. The SMILES string of the molecule is CC(=O)c1nc(NC(C)(C)C)c2cccnc2n1. The fraction of sp³-hybridized carbons (Fsp3) is 0.385. The Kier molecular flexibility index (Phi) is 2.98. The largest absolute Gasteiger partial charge is 0.365 e. The van der Waals surface area contributed by atoms with Gasteiger partial charge in [0.2, 0.25) is 0 Å². The van der Waals surface area contributed by atoms with Crippen LogP contribution >= 0.6 is 0 Å². The van der Waals surface area contributed by atoms with Gasteiger partial charge in [0.05, 0.1) is 5.39 Å². The van der Waals surface area contributed by atoms with E-state index in [0.29, 0.717) is 11.5 Å². The van der Waals surface area contributed by atoms with Gasteiger partial charge < -0.3 is 5.32 Å². The van der Waals surface area contributed by atoms with E-state index in [1.807, 2.05) is 32.9 Å². The maximum absolute atomic E-state index is 11.4. The van der Waals surface area contributed by atoms with Gasteiger partial charge in [-0.05, 0) is 32.9 Å². The topological polar surface area (TPSA) is 67.8 Å². The summed E-state index contributed by atoms with van der Waals surface area (Å²) in [5.41, 5.74) is 0.384. The fourth-order valence-corrected chi connectivity index (χ4v) is 1.57. The van der Waals surface area contributed by atoms with E-state index in [1.54, 1.807) is 6.20 Å². The molecule has 0 saturated heterocycles. The van der Waals surface area contributed by atoms with Crippen molar-refractivity contribution < 1.29 is 4.79 Å². The van der Waals surface area contributed by atoms with Crippen LogP contribution in [0.5, 0.6) is 0 Å². The highest BCUT2D eigenvalue weighted by Crippen LogP contribution is 2.21. The molecule has 0 aromatic carbocycles. The first-order valence-corrected chi connectivity index (χ1v) is 5.79. The van der Waals surface area contributed by atoms with Crippen LogP contribution < -0.4 is 5.32 Å². The number of Topliss-reactive ketones (excluding diaryl/α,β-unsaturated/α-hetero) is 1. The maximum Gasteiger partial charge on any atom is 0.199 e. The standard InChI is InChI=1S/C13H16N4O/c1-8(18)10-15-11-9(6-5-7-14-11)12(16-10)17-13(2,3)4/h5-7H,1-4H3,(H,14,15,16,17). The van der Waals surface area contributed by atoms with Crippen molar-refractivity contribution in [3.63, 3.8) is 0 Å². The van der Waals surface area contributed by atoms with E-state index in [-0.39, 0.29) is 17.1 Å². The number of anilines is 1. The average molecular weight is 244 g/mol. The van der Waals surface area contributed by atoms with Gasteiger partial charge in [0.25, 0.3) is 0 Å². The normalized spacial score (nSPS) is 11.6. The van der Waals surface area contributed by atoms with E-state index in [9.17, 15) is 4.79 Å². The van der Waals surface area contributed by atoms with Crippen LogP contribution in [0.3, 0.4) is 0 Å². The van der Waals surface area contributed by atoms with Gasteiger partial charge in [-0.15, -0.1) is 0 Å². The number of rotatable bonds is 2. The molecule has 0 aliphatic carbocycles. The number of aromatic nitrogens is 3. The van der Waals surface area contributed by atoms with Gasteiger partial charge in [-0.25, -0.2) is 15.0 Å².